The standard InChI is InChI=1S/C14H20N2O/c15-8-3-9-16-14(17)13-7-6-11-4-1-2-5-12(11)10-13/h6-7,10H,1-5,8-9,15H2,(H,16,17). The second-order valence-corrected chi connectivity index (χ2v) is 4.59. The first-order valence-electron chi connectivity index (χ1n) is 6.41. The molecule has 0 radical (unpaired) electrons. The minimum atomic E-state index is 0.0202. The zero-order valence-electron chi connectivity index (χ0n) is 10.2. The van der Waals surface area contributed by atoms with Crippen LogP contribution in [0.5, 0.6) is 0 Å². The molecule has 92 valence electrons. The molecule has 1 aromatic rings. The highest BCUT2D eigenvalue weighted by Crippen LogP contribution is 2.22. The monoisotopic (exact) mass is 232 g/mol. The van der Waals surface area contributed by atoms with Crippen molar-refractivity contribution in [2.45, 2.75) is 32.1 Å². The summed E-state index contributed by atoms with van der Waals surface area (Å²) < 4.78 is 0. The number of carbonyl (C=O) groups is 1. The highest BCUT2D eigenvalue weighted by atomic mass is 16.1. The summed E-state index contributed by atoms with van der Waals surface area (Å²) in [6, 6.07) is 6.08. The van der Waals surface area contributed by atoms with Gasteiger partial charge in [0.25, 0.3) is 5.91 Å². The molecule has 0 atom stereocenters. The van der Waals surface area contributed by atoms with Crippen molar-refractivity contribution in [2.75, 3.05) is 13.1 Å². The van der Waals surface area contributed by atoms with Crippen LogP contribution in [0.15, 0.2) is 18.2 Å². The average molecular weight is 232 g/mol. The molecule has 0 aromatic heterocycles. The molecule has 0 unspecified atom stereocenters. The van der Waals surface area contributed by atoms with Crippen LogP contribution in [0.3, 0.4) is 0 Å². The summed E-state index contributed by atoms with van der Waals surface area (Å²) in [5.41, 5.74) is 8.94. The quantitative estimate of drug-likeness (QED) is 0.775. The molecule has 1 aromatic carbocycles. The lowest BCUT2D eigenvalue weighted by Gasteiger charge is -2.16. The molecule has 0 saturated carbocycles. The van der Waals surface area contributed by atoms with Crippen LogP contribution in [0.1, 0.15) is 40.7 Å². The largest absolute Gasteiger partial charge is 0.352 e. The van der Waals surface area contributed by atoms with Gasteiger partial charge in [-0.3, -0.25) is 4.79 Å². The van der Waals surface area contributed by atoms with Crippen LogP contribution in [-0.4, -0.2) is 19.0 Å². The number of aryl methyl sites for hydroxylation is 2. The molecule has 0 fully saturated rings. The lowest BCUT2D eigenvalue weighted by molar-refractivity contribution is 0.0953. The van der Waals surface area contributed by atoms with Crippen LogP contribution in [0.4, 0.5) is 0 Å². The Hall–Kier alpha value is -1.35. The molecule has 2 rings (SSSR count). The van der Waals surface area contributed by atoms with Crippen molar-refractivity contribution in [3.63, 3.8) is 0 Å². The van der Waals surface area contributed by atoms with E-state index < -0.39 is 0 Å². The maximum atomic E-state index is 11.9. The van der Waals surface area contributed by atoms with E-state index in [1.807, 2.05) is 12.1 Å². The lowest BCUT2D eigenvalue weighted by atomic mass is 9.90. The Morgan fingerprint density at radius 3 is 2.76 bits per heavy atom. The van der Waals surface area contributed by atoms with Gasteiger partial charge < -0.3 is 11.1 Å². The van der Waals surface area contributed by atoms with Gasteiger partial charge in [0.1, 0.15) is 0 Å². The number of rotatable bonds is 4. The predicted octanol–water partition coefficient (Wildman–Crippen LogP) is 1.64. The second-order valence-electron chi connectivity index (χ2n) is 4.59. The number of carbonyl (C=O) groups excluding carboxylic acids is 1. The zero-order chi connectivity index (χ0) is 12.1. The van der Waals surface area contributed by atoms with Gasteiger partial charge in [0.15, 0.2) is 0 Å². The van der Waals surface area contributed by atoms with Gasteiger partial charge in [0.05, 0.1) is 0 Å². The van der Waals surface area contributed by atoms with E-state index in [-0.39, 0.29) is 5.91 Å². The maximum absolute atomic E-state index is 11.9. The zero-order valence-corrected chi connectivity index (χ0v) is 10.2. The Kier molecular flexibility index (Phi) is 4.15. The van der Waals surface area contributed by atoms with Crippen molar-refractivity contribution in [3.8, 4) is 0 Å². The molecule has 1 aliphatic carbocycles. The van der Waals surface area contributed by atoms with E-state index in [9.17, 15) is 4.79 Å². The van der Waals surface area contributed by atoms with Crippen LogP contribution in [0, 0.1) is 0 Å². The minimum Gasteiger partial charge on any atom is -0.352 e. The number of amides is 1. The summed E-state index contributed by atoms with van der Waals surface area (Å²) in [5.74, 6) is 0.0202. The van der Waals surface area contributed by atoms with Crippen LogP contribution < -0.4 is 11.1 Å². The fourth-order valence-corrected chi connectivity index (χ4v) is 2.28. The van der Waals surface area contributed by atoms with Crippen LogP contribution in [0.2, 0.25) is 0 Å². The summed E-state index contributed by atoms with van der Waals surface area (Å²) in [6.45, 7) is 1.27. The summed E-state index contributed by atoms with van der Waals surface area (Å²) in [6.07, 6.45) is 5.61. The average Bonchev–Trinajstić information content (AvgIpc) is 2.38. The van der Waals surface area contributed by atoms with E-state index in [2.05, 4.69) is 11.4 Å². The SMILES string of the molecule is NCCCNC(=O)c1ccc2c(c1)CCCC2. The van der Waals surface area contributed by atoms with Gasteiger partial charge in [-0.25, -0.2) is 0 Å². The van der Waals surface area contributed by atoms with Gasteiger partial charge in [-0.05, 0) is 61.9 Å². The Morgan fingerprint density at radius 2 is 2.00 bits per heavy atom. The third kappa shape index (κ3) is 3.07. The van der Waals surface area contributed by atoms with Crippen molar-refractivity contribution < 1.29 is 4.79 Å². The number of fused-ring (bicyclic) bond motifs is 1. The van der Waals surface area contributed by atoms with Crippen molar-refractivity contribution in [3.05, 3.63) is 34.9 Å². The lowest BCUT2D eigenvalue weighted by Crippen LogP contribution is -2.26. The molecule has 1 amide bonds. The van der Waals surface area contributed by atoms with Gasteiger partial charge in [-0.2, -0.15) is 0 Å². The summed E-state index contributed by atoms with van der Waals surface area (Å²) in [5, 5.41) is 2.89. The first kappa shape index (κ1) is 12.1. The Morgan fingerprint density at radius 1 is 1.24 bits per heavy atom. The van der Waals surface area contributed by atoms with Gasteiger partial charge in [-0.15, -0.1) is 0 Å². The van der Waals surface area contributed by atoms with E-state index in [1.165, 1.54) is 24.0 Å². The van der Waals surface area contributed by atoms with Gasteiger partial charge in [0.2, 0.25) is 0 Å². The first-order chi connectivity index (χ1) is 8.31. The molecule has 0 saturated heterocycles. The van der Waals surface area contributed by atoms with E-state index in [0.717, 1.165) is 24.8 Å². The van der Waals surface area contributed by atoms with E-state index in [1.54, 1.807) is 0 Å². The number of hydrogen-bond acceptors (Lipinski definition) is 2. The maximum Gasteiger partial charge on any atom is 0.251 e. The Balaban J connectivity index is 2.03. The molecule has 3 nitrogen and oxygen atoms in total. The predicted molar refractivity (Wildman–Crippen MR) is 69.1 cm³/mol. The highest BCUT2D eigenvalue weighted by Gasteiger charge is 2.12. The van der Waals surface area contributed by atoms with Crippen molar-refractivity contribution in [1.82, 2.24) is 5.32 Å². The molecule has 0 spiro atoms. The van der Waals surface area contributed by atoms with Crippen molar-refractivity contribution >= 4 is 5.91 Å². The normalized spacial score (nSPS) is 14.2. The Labute approximate surface area is 102 Å². The first-order valence-corrected chi connectivity index (χ1v) is 6.41. The molecule has 3 N–H and O–H groups in total. The molecule has 1 aliphatic rings. The number of benzene rings is 1. The van der Waals surface area contributed by atoms with Gasteiger partial charge >= 0.3 is 0 Å². The molecule has 3 heteroatoms. The van der Waals surface area contributed by atoms with Crippen molar-refractivity contribution in [1.29, 1.82) is 0 Å². The fourth-order valence-electron chi connectivity index (χ4n) is 2.28. The molecular weight excluding hydrogens is 212 g/mol. The van der Waals surface area contributed by atoms with E-state index in [0.29, 0.717) is 13.1 Å². The molecule has 0 heterocycles. The van der Waals surface area contributed by atoms with Crippen LogP contribution >= 0.6 is 0 Å². The number of nitrogens with two attached hydrogens (primary N) is 1. The van der Waals surface area contributed by atoms with Crippen molar-refractivity contribution in [2.24, 2.45) is 5.73 Å². The third-order valence-corrected chi connectivity index (χ3v) is 3.28. The smallest absolute Gasteiger partial charge is 0.251 e. The van der Waals surface area contributed by atoms with Crippen LogP contribution in [0.25, 0.3) is 0 Å². The third-order valence-electron chi connectivity index (χ3n) is 3.28. The minimum absolute atomic E-state index is 0.0202. The van der Waals surface area contributed by atoms with Crippen LogP contribution in [-0.2, 0) is 12.8 Å². The molecule has 0 bridgehead atoms. The summed E-state index contributed by atoms with van der Waals surface area (Å²) >= 11 is 0. The second kappa shape index (κ2) is 5.82. The number of nitrogens with one attached hydrogen (secondary N) is 1. The van der Waals surface area contributed by atoms with Gasteiger partial charge in [0, 0.05) is 12.1 Å². The number of hydrogen-bond donors (Lipinski definition) is 2. The molecular formula is C14H20N2O. The van der Waals surface area contributed by atoms with Gasteiger partial charge in [-0.1, -0.05) is 6.07 Å². The topological polar surface area (TPSA) is 55.1 Å². The summed E-state index contributed by atoms with van der Waals surface area (Å²) in [7, 11) is 0. The molecule has 0 aliphatic heterocycles. The summed E-state index contributed by atoms with van der Waals surface area (Å²) in [4.78, 5) is 11.9. The van der Waals surface area contributed by atoms with E-state index >= 15 is 0 Å². The Bertz CT molecular complexity index is 401. The fraction of sp³-hybridized carbons (Fsp3) is 0.500. The molecule has 17 heavy (non-hydrogen) atoms. The highest BCUT2D eigenvalue weighted by molar-refractivity contribution is 5.94. The van der Waals surface area contributed by atoms with E-state index in [4.69, 9.17) is 5.73 Å².